The Morgan fingerprint density at radius 2 is 2.11 bits per heavy atom. The van der Waals surface area contributed by atoms with E-state index in [1.807, 2.05) is 0 Å². The lowest BCUT2D eigenvalue weighted by Crippen LogP contribution is -2.52. The monoisotopic (exact) mass is 262 g/mol. The van der Waals surface area contributed by atoms with Crippen LogP contribution in [-0.4, -0.2) is 34.0 Å². The zero-order valence-corrected chi connectivity index (χ0v) is 10.7. The van der Waals surface area contributed by atoms with E-state index in [0.717, 1.165) is 0 Å². The minimum Gasteiger partial charge on any atom is -0.340 e. The van der Waals surface area contributed by atoms with E-state index in [9.17, 15) is 14.4 Å². The molecule has 1 aromatic rings. The molecule has 0 spiro atoms. The number of nitrogens with zero attached hydrogens (tertiary/aromatic N) is 2. The molecule has 1 aliphatic rings. The largest absolute Gasteiger partial charge is 0.340 e. The zero-order chi connectivity index (χ0) is 14.0. The Hall–Kier alpha value is -2.31. The number of hydrogen-bond acceptors (Lipinski definition) is 5. The van der Waals surface area contributed by atoms with Crippen molar-refractivity contribution in [2.24, 2.45) is 0 Å². The van der Waals surface area contributed by atoms with E-state index in [1.165, 1.54) is 0 Å². The SMILES string of the molecule is Cc1cc(C(=O)NC2CCC(=O)NC2=O)c(C)nn1. The predicted molar refractivity (Wildman–Crippen MR) is 65.1 cm³/mol. The summed E-state index contributed by atoms with van der Waals surface area (Å²) in [5.74, 6) is -1.17. The van der Waals surface area contributed by atoms with Crippen molar-refractivity contribution >= 4 is 17.7 Å². The number of carbonyl (C=O) groups is 3. The number of rotatable bonds is 2. The molecule has 1 aromatic heterocycles. The second-order valence-electron chi connectivity index (χ2n) is 4.46. The maximum absolute atomic E-state index is 12.1. The van der Waals surface area contributed by atoms with Gasteiger partial charge in [0, 0.05) is 6.42 Å². The van der Waals surface area contributed by atoms with Crippen LogP contribution >= 0.6 is 0 Å². The highest BCUT2D eigenvalue weighted by molar-refractivity contribution is 6.04. The molecule has 1 aliphatic heterocycles. The van der Waals surface area contributed by atoms with E-state index in [0.29, 0.717) is 23.4 Å². The number of nitrogens with one attached hydrogen (secondary N) is 2. The fourth-order valence-corrected chi connectivity index (χ4v) is 1.85. The van der Waals surface area contributed by atoms with Gasteiger partial charge in [-0.1, -0.05) is 0 Å². The van der Waals surface area contributed by atoms with Gasteiger partial charge in [0.05, 0.1) is 17.0 Å². The van der Waals surface area contributed by atoms with Crippen LogP contribution in [0.4, 0.5) is 0 Å². The summed E-state index contributed by atoms with van der Waals surface area (Å²) in [5.41, 5.74) is 1.51. The Morgan fingerprint density at radius 1 is 1.37 bits per heavy atom. The van der Waals surface area contributed by atoms with Crippen LogP contribution in [-0.2, 0) is 9.59 Å². The lowest BCUT2D eigenvalue weighted by atomic mass is 10.1. The van der Waals surface area contributed by atoms with Crippen LogP contribution in [0.2, 0.25) is 0 Å². The second kappa shape index (κ2) is 5.13. The number of hydrogen-bond donors (Lipinski definition) is 2. The maximum Gasteiger partial charge on any atom is 0.253 e. The van der Waals surface area contributed by atoms with Crippen LogP contribution in [0, 0.1) is 13.8 Å². The smallest absolute Gasteiger partial charge is 0.253 e. The summed E-state index contributed by atoms with van der Waals surface area (Å²) in [4.78, 5) is 34.6. The van der Waals surface area contributed by atoms with Crippen LogP contribution in [0.1, 0.15) is 34.6 Å². The molecular formula is C12H14N4O3. The van der Waals surface area contributed by atoms with Gasteiger partial charge in [-0.15, -0.1) is 0 Å². The first kappa shape index (κ1) is 13.1. The van der Waals surface area contributed by atoms with Crippen LogP contribution < -0.4 is 10.6 Å². The Balaban J connectivity index is 2.11. The van der Waals surface area contributed by atoms with Gasteiger partial charge in [0.1, 0.15) is 6.04 Å². The highest BCUT2D eigenvalue weighted by atomic mass is 16.2. The number of aromatic nitrogens is 2. The molecule has 3 amide bonds. The third-order valence-electron chi connectivity index (χ3n) is 2.89. The van der Waals surface area contributed by atoms with Gasteiger partial charge in [0.15, 0.2) is 0 Å². The average molecular weight is 262 g/mol. The molecule has 7 heteroatoms. The molecule has 0 bridgehead atoms. The third-order valence-corrected chi connectivity index (χ3v) is 2.89. The van der Waals surface area contributed by atoms with Crippen LogP contribution in [0.15, 0.2) is 6.07 Å². The first-order chi connectivity index (χ1) is 8.97. The molecule has 19 heavy (non-hydrogen) atoms. The molecule has 1 atom stereocenters. The molecule has 2 heterocycles. The van der Waals surface area contributed by atoms with Gasteiger partial charge in [0.25, 0.3) is 5.91 Å². The van der Waals surface area contributed by atoms with Gasteiger partial charge in [-0.3, -0.25) is 19.7 Å². The van der Waals surface area contributed by atoms with Gasteiger partial charge in [-0.05, 0) is 26.3 Å². The van der Waals surface area contributed by atoms with Crippen molar-refractivity contribution < 1.29 is 14.4 Å². The lowest BCUT2D eigenvalue weighted by Gasteiger charge is -2.22. The quantitative estimate of drug-likeness (QED) is 0.708. The number of imide groups is 1. The number of piperidine rings is 1. The number of amides is 3. The molecule has 1 saturated heterocycles. The molecule has 1 fully saturated rings. The van der Waals surface area contributed by atoms with Crippen molar-refractivity contribution in [1.82, 2.24) is 20.8 Å². The minimum atomic E-state index is -0.682. The highest BCUT2D eigenvalue weighted by Gasteiger charge is 2.28. The van der Waals surface area contributed by atoms with Crippen LogP contribution in [0.25, 0.3) is 0 Å². The second-order valence-corrected chi connectivity index (χ2v) is 4.46. The summed E-state index contributed by atoms with van der Waals surface area (Å²) in [6.45, 7) is 3.40. The summed E-state index contributed by atoms with van der Waals surface area (Å²) in [6, 6.07) is 0.932. The molecule has 0 radical (unpaired) electrons. The van der Waals surface area contributed by atoms with Gasteiger partial charge in [-0.25, -0.2) is 0 Å². The van der Waals surface area contributed by atoms with E-state index in [2.05, 4.69) is 20.8 Å². The van der Waals surface area contributed by atoms with Crippen molar-refractivity contribution in [1.29, 1.82) is 0 Å². The van der Waals surface area contributed by atoms with Crippen molar-refractivity contribution in [3.8, 4) is 0 Å². The van der Waals surface area contributed by atoms with Crippen molar-refractivity contribution in [3.63, 3.8) is 0 Å². The molecular weight excluding hydrogens is 248 g/mol. The van der Waals surface area contributed by atoms with Gasteiger partial charge >= 0.3 is 0 Å². The van der Waals surface area contributed by atoms with Crippen molar-refractivity contribution in [3.05, 3.63) is 23.0 Å². The third kappa shape index (κ3) is 2.93. The van der Waals surface area contributed by atoms with E-state index in [4.69, 9.17) is 0 Å². The fourth-order valence-electron chi connectivity index (χ4n) is 1.85. The first-order valence-corrected chi connectivity index (χ1v) is 5.93. The summed E-state index contributed by atoms with van der Waals surface area (Å²) < 4.78 is 0. The normalized spacial score (nSPS) is 18.9. The van der Waals surface area contributed by atoms with E-state index < -0.39 is 11.9 Å². The Morgan fingerprint density at radius 3 is 2.79 bits per heavy atom. The summed E-state index contributed by atoms with van der Waals surface area (Å²) in [5, 5.41) is 12.5. The molecule has 7 nitrogen and oxygen atoms in total. The topological polar surface area (TPSA) is 101 Å². The summed E-state index contributed by atoms with van der Waals surface area (Å²) >= 11 is 0. The first-order valence-electron chi connectivity index (χ1n) is 5.93. The van der Waals surface area contributed by atoms with Crippen LogP contribution in [0.5, 0.6) is 0 Å². The van der Waals surface area contributed by atoms with Crippen LogP contribution in [0.3, 0.4) is 0 Å². The molecule has 0 aliphatic carbocycles. The van der Waals surface area contributed by atoms with E-state index in [1.54, 1.807) is 19.9 Å². The summed E-state index contributed by atoms with van der Waals surface area (Å²) in [6.07, 6.45) is 0.538. The minimum absolute atomic E-state index is 0.225. The Kier molecular flexibility index (Phi) is 3.55. The number of aryl methyl sites for hydroxylation is 2. The lowest BCUT2D eigenvalue weighted by molar-refractivity contribution is -0.134. The van der Waals surface area contributed by atoms with Crippen molar-refractivity contribution in [2.75, 3.05) is 0 Å². The molecule has 0 aromatic carbocycles. The molecule has 1 unspecified atom stereocenters. The molecule has 2 rings (SSSR count). The predicted octanol–water partition coefficient (Wildman–Crippen LogP) is -0.372. The van der Waals surface area contributed by atoms with Crippen molar-refractivity contribution in [2.45, 2.75) is 32.7 Å². The zero-order valence-electron chi connectivity index (χ0n) is 10.7. The Labute approximate surface area is 109 Å². The molecule has 100 valence electrons. The van der Waals surface area contributed by atoms with E-state index in [-0.39, 0.29) is 18.2 Å². The van der Waals surface area contributed by atoms with Gasteiger partial charge in [-0.2, -0.15) is 10.2 Å². The molecule has 2 N–H and O–H groups in total. The standard InChI is InChI=1S/C12H14N4O3/c1-6-5-8(7(2)16-15-6)11(18)13-9-3-4-10(17)14-12(9)19/h5,9H,3-4H2,1-2H3,(H,13,18)(H,14,17,19). The van der Waals surface area contributed by atoms with Gasteiger partial charge < -0.3 is 5.32 Å². The summed E-state index contributed by atoms with van der Waals surface area (Å²) in [7, 11) is 0. The highest BCUT2D eigenvalue weighted by Crippen LogP contribution is 2.09. The number of carbonyl (C=O) groups excluding carboxylic acids is 3. The maximum atomic E-state index is 12.1. The Bertz CT molecular complexity index is 556. The van der Waals surface area contributed by atoms with E-state index >= 15 is 0 Å². The molecule has 0 saturated carbocycles. The van der Waals surface area contributed by atoms with Gasteiger partial charge in [0.2, 0.25) is 11.8 Å². The average Bonchev–Trinajstić information content (AvgIpc) is 2.35. The fraction of sp³-hybridized carbons (Fsp3) is 0.417.